The lowest BCUT2D eigenvalue weighted by molar-refractivity contribution is 0.0744. The summed E-state index contributed by atoms with van der Waals surface area (Å²) in [6, 6.07) is 16.6. The normalized spacial score (nSPS) is 10.5. The molecule has 3 rings (SSSR count). The first-order chi connectivity index (χ1) is 12.2. The molecule has 25 heavy (non-hydrogen) atoms. The minimum atomic E-state index is -0.142. The maximum atomic E-state index is 13.0. The van der Waals surface area contributed by atoms with Gasteiger partial charge in [0.1, 0.15) is 11.5 Å². The summed E-state index contributed by atoms with van der Waals surface area (Å²) in [5.74, 6) is 2.01. The molecule has 0 aliphatic carbocycles. The molecule has 0 atom stereocenters. The van der Waals surface area contributed by atoms with Crippen LogP contribution in [0.1, 0.15) is 29.0 Å². The fraction of sp³-hybridized carbons (Fsp3) is 0.211. The molecule has 6 heteroatoms. The smallest absolute Gasteiger partial charge is 0.258 e. The highest BCUT2D eigenvalue weighted by molar-refractivity contribution is 5.97. The van der Waals surface area contributed by atoms with Crippen molar-refractivity contribution in [2.45, 2.75) is 20.4 Å². The fourth-order valence-corrected chi connectivity index (χ4v) is 2.42. The number of para-hydroxylation sites is 2. The highest BCUT2D eigenvalue weighted by atomic mass is 16.5. The SMILES string of the molecule is CCN(Cc1noc(C)n1)C(=O)c1ccccc1Oc1ccccc1. The molecule has 0 saturated heterocycles. The molecule has 0 saturated carbocycles. The summed E-state index contributed by atoms with van der Waals surface area (Å²) >= 11 is 0. The van der Waals surface area contributed by atoms with Gasteiger partial charge in [-0.2, -0.15) is 4.98 Å². The van der Waals surface area contributed by atoms with E-state index < -0.39 is 0 Å². The van der Waals surface area contributed by atoms with E-state index >= 15 is 0 Å². The van der Waals surface area contributed by atoms with E-state index in [2.05, 4.69) is 10.1 Å². The fourth-order valence-electron chi connectivity index (χ4n) is 2.42. The molecule has 0 fully saturated rings. The van der Waals surface area contributed by atoms with Gasteiger partial charge in [-0.15, -0.1) is 0 Å². The summed E-state index contributed by atoms with van der Waals surface area (Å²) < 4.78 is 10.9. The molecule has 6 nitrogen and oxygen atoms in total. The van der Waals surface area contributed by atoms with Gasteiger partial charge in [0.05, 0.1) is 12.1 Å². The van der Waals surface area contributed by atoms with Crippen molar-refractivity contribution in [2.24, 2.45) is 0 Å². The molecule has 1 amide bonds. The van der Waals surface area contributed by atoms with E-state index in [0.29, 0.717) is 35.3 Å². The zero-order valence-electron chi connectivity index (χ0n) is 14.2. The first-order valence-corrected chi connectivity index (χ1v) is 8.07. The zero-order chi connectivity index (χ0) is 17.6. The molecule has 0 N–H and O–H groups in total. The zero-order valence-corrected chi connectivity index (χ0v) is 14.2. The lowest BCUT2D eigenvalue weighted by atomic mass is 10.1. The number of nitrogens with zero attached hydrogens (tertiary/aromatic N) is 3. The second kappa shape index (κ2) is 7.61. The third kappa shape index (κ3) is 4.03. The van der Waals surface area contributed by atoms with Gasteiger partial charge in [0.2, 0.25) is 5.89 Å². The van der Waals surface area contributed by atoms with Crippen molar-refractivity contribution in [2.75, 3.05) is 6.54 Å². The van der Waals surface area contributed by atoms with E-state index in [1.807, 2.05) is 49.4 Å². The summed E-state index contributed by atoms with van der Waals surface area (Å²) in [5.41, 5.74) is 0.494. The number of benzene rings is 2. The van der Waals surface area contributed by atoms with Crippen molar-refractivity contribution in [3.63, 3.8) is 0 Å². The molecule has 0 bridgehead atoms. The lowest BCUT2D eigenvalue weighted by Crippen LogP contribution is -2.31. The number of carbonyl (C=O) groups is 1. The molecule has 128 valence electrons. The predicted octanol–water partition coefficient (Wildman–Crippen LogP) is 3.83. The molecule has 0 spiro atoms. The van der Waals surface area contributed by atoms with E-state index in [1.54, 1.807) is 24.0 Å². The van der Waals surface area contributed by atoms with Gasteiger partial charge in [0, 0.05) is 13.5 Å². The van der Waals surface area contributed by atoms with Crippen LogP contribution in [-0.2, 0) is 6.54 Å². The Labute approximate surface area is 146 Å². The van der Waals surface area contributed by atoms with Crippen LogP contribution in [0.4, 0.5) is 0 Å². The number of hydrogen-bond donors (Lipinski definition) is 0. The summed E-state index contributed by atoms with van der Waals surface area (Å²) in [4.78, 5) is 18.8. The Kier molecular flexibility index (Phi) is 5.09. The van der Waals surface area contributed by atoms with E-state index in [0.717, 1.165) is 0 Å². The number of amides is 1. The van der Waals surface area contributed by atoms with E-state index in [-0.39, 0.29) is 12.5 Å². The van der Waals surface area contributed by atoms with E-state index in [9.17, 15) is 4.79 Å². The van der Waals surface area contributed by atoms with E-state index in [4.69, 9.17) is 9.26 Å². The van der Waals surface area contributed by atoms with E-state index in [1.165, 1.54) is 0 Å². The van der Waals surface area contributed by atoms with Gasteiger partial charge in [-0.25, -0.2) is 0 Å². The van der Waals surface area contributed by atoms with Crippen molar-refractivity contribution in [3.8, 4) is 11.5 Å². The molecule has 0 unspecified atom stereocenters. The maximum Gasteiger partial charge on any atom is 0.258 e. The van der Waals surface area contributed by atoms with Crippen LogP contribution in [0.25, 0.3) is 0 Å². The number of carbonyl (C=O) groups excluding carboxylic acids is 1. The van der Waals surface area contributed by atoms with Gasteiger partial charge in [-0.05, 0) is 31.2 Å². The number of ether oxygens (including phenoxy) is 1. The van der Waals surface area contributed by atoms with Crippen LogP contribution in [0.15, 0.2) is 59.1 Å². The van der Waals surface area contributed by atoms with Crippen molar-refractivity contribution in [1.29, 1.82) is 0 Å². The molecule has 2 aromatic carbocycles. The van der Waals surface area contributed by atoms with Crippen molar-refractivity contribution < 1.29 is 14.1 Å². The Morgan fingerprint density at radius 3 is 2.52 bits per heavy atom. The maximum absolute atomic E-state index is 13.0. The molecular weight excluding hydrogens is 318 g/mol. The Morgan fingerprint density at radius 2 is 1.84 bits per heavy atom. The Balaban J connectivity index is 1.83. The Bertz CT molecular complexity index is 846. The van der Waals surface area contributed by atoms with Crippen LogP contribution in [0, 0.1) is 6.92 Å². The second-order valence-electron chi connectivity index (χ2n) is 5.46. The molecule has 0 aliphatic rings. The minimum Gasteiger partial charge on any atom is -0.457 e. The quantitative estimate of drug-likeness (QED) is 0.684. The van der Waals surface area contributed by atoms with Crippen LogP contribution < -0.4 is 4.74 Å². The van der Waals surface area contributed by atoms with Crippen LogP contribution >= 0.6 is 0 Å². The largest absolute Gasteiger partial charge is 0.457 e. The first kappa shape index (κ1) is 16.7. The lowest BCUT2D eigenvalue weighted by Gasteiger charge is -2.20. The summed E-state index contributed by atoms with van der Waals surface area (Å²) in [7, 11) is 0. The average molecular weight is 337 g/mol. The topological polar surface area (TPSA) is 68.5 Å². The van der Waals surface area contributed by atoms with Crippen LogP contribution in [-0.4, -0.2) is 27.5 Å². The second-order valence-corrected chi connectivity index (χ2v) is 5.46. The molecule has 3 aromatic rings. The van der Waals surface area contributed by atoms with Gasteiger partial charge in [0.15, 0.2) is 5.82 Å². The van der Waals surface area contributed by atoms with Crippen molar-refractivity contribution in [1.82, 2.24) is 15.0 Å². The third-order valence-electron chi connectivity index (χ3n) is 3.66. The van der Waals surface area contributed by atoms with Crippen LogP contribution in [0.2, 0.25) is 0 Å². The average Bonchev–Trinajstić information content (AvgIpc) is 3.05. The summed E-state index contributed by atoms with van der Waals surface area (Å²) in [6.07, 6.45) is 0. The van der Waals surface area contributed by atoms with Crippen LogP contribution in [0.5, 0.6) is 11.5 Å². The van der Waals surface area contributed by atoms with Crippen molar-refractivity contribution >= 4 is 5.91 Å². The molecule has 0 aliphatic heterocycles. The first-order valence-electron chi connectivity index (χ1n) is 8.07. The highest BCUT2D eigenvalue weighted by Gasteiger charge is 2.20. The van der Waals surface area contributed by atoms with Gasteiger partial charge >= 0.3 is 0 Å². The summed E-state index contributed by atoms with van der Waals surface area (Å²) in [6.45, 7) is 4.43. The highest BCUT2D eigenvalue weighted by Crippen LogP contribution is 2.26. The Morgan fingerprint density at radius 1 is 1.12 bits per heavy atom. The third-order valence-corrected chi connectivity index (χ3v) is 3.66. The van der Waals surface area contributed by atoms with Gasteiger partial charge in [-0.3, -0.25) is 4.79 Å². The van der Waals surface area contributed by atoms with Gasteiger partial charge in [0.25, 0.3) is 5.91 Å². The van der Waals surface area contributed by atoms with Gasteiger partial charge in [-0.1, -0.05) is 35.5 Å². The van der Waals surface area contributed by atoms with Gasteiger partial charge < -0.3 is 14.2 Å². The number of aromatic nitrogens is 2. The monoisotopic (exact) mass is 337 g/mol. The van der Waals surface area contributed by atoms with Crippen molar-refractivity contribution in [3.05, 3.63) is 71.9 Å². The minimum absolute atomic E-state index is 0.142. The molecular formula is C19H19N3O3. The standard InChI is InChI=1S/C19H19N3O3/c1-3-22(13-18-20-14(2)25-21-18)19(23)16-11-7-8-12-17(16)24-15-9-5-4-6-10-15/h4-12H,3,13H2,1-2H3. The predicted molar refractivity (Wildman–Crippen MR) is 92.4 cm³/mol. The number of rotatable bonds is 6. The molecule has 0 radical (unpaired) electrons. The molecule has 1 heterocycles. The summed E-state index contributed by atoms with van der Waals surface area (Å²) in [5, 5.41) is 3.86. The number of hydrogen-bond acceptors (Lipinski definition) is 5. The number of aryl methyl sites for hydroxylation is 1. The van der Waals surface area contributed by atoms with Crippen LogP contribution in [0.3, 0.4) is 0 Å². The molecule has 1 aromatic heterocycles. The Hall–Kier alpha value is -3.15.